The van der Waals surface area contributed by atoms with Gasteiger partial charge in [0.2, 0.25) is 0 Å². The van der Waals surface area contributed by atoms with Crippen molar-refractivity contribution in [3.63, 3.8) is 0 Å². The summed E-state index contributed by atoms with van der Waals surface area (Å²) in [7, 11) is 0. The van der Waals surface area contributed by atoms with Crippen LogP contribution < -0.4 is 0 Å². The van der Waals surface area contributed by atoms with Crippen LogP contribution in [0.3, 0.4) is 0 Å². The van der Waals surface area contributed by atoms with Crippen LogP contribution in [0, 0.1) is 11.3 Å². The molecule has 7 heteroatoms. The number of rotatable bonds is 1. The molecule has 5 aromatic rings. The van der Waals surface area contributed by atoms with Crippen molar-refractivity contribution in [1.82, 2.24) is 19.3 Å². The van der Waals surface area contributed by atoms with Crippen LogP contribution in [-0.2, 0) is 0 Å². The zero-order valence-electron chi connectivity index (χ0n) is 12.2. The third-order valence-corrected chi connectivity index (χ3v) is 5.02. The molecule has 0 aromatic carbocycles. The van der Waals surface area contributed by atoms with Gasteiger partial charge < -0.3 is 5.21 Å². The maximum Gasteiger partial charge on any atom is 0.165 e. The average molecular weight is 331 g/mol. The Kier molecular flexibility index (Phi) is 2.49. The molecule has 0 saturated heterocycles. The second-order valence-electron chi connectivity index (χ2n) is 5.36. The van der Waals surface area contributed by atoms with Gasteiger partial charge in [0, 0.05) is 24.0 Å². The molecule has 114 valence electrons. The minimum absolute atomic E-state index is 0.383. The van der Waals surface area contributed by atoms with Crippen molar-refractivity contribution in [3.8, 4) is 11.1 Å². The van der Waals surface area contributed by atoms with E-state index in [1.807, 2.05) is 28.1 Å². The second-order valence-corrected chi connectivity index (χ2v) is 6.28. The summed E-state index contributed by atoms with van der Waals surface area (Å²) < 4.78 is 3.04. The van der Waals surface area contributed by atoms with Crippen LogP contribution in [0.1, 0.15) is 5.56 Å². The van der Waals surface area contributed by atoms with Crippen LogP contribution in [-0.4, -0.2) is 24.5 Å². The fourth-order valence-electron chi connectivity index (χ4n) is 3.22. The van der Waals surface area contributed by atoms with Crippen LogP contribution in [0.25, 0.3) is 38.0 Å². The van der Waals surface area contributed by atoms with Crippen molar-refractivity contribution in [2.24, 2.45) is 0 Å². The summed E-state index contributed by atoms with van der Waals surface area (Å²) in [4.78, 5) is 8.64. The van der Waals surface area contributed by atoms with Crippen molar-refractivity contribution >= 4 is 44.3 Å². The summed E-state index contributed by atoms with van der Waals surface area (Å²) in [5.41, 5.74) is 2.92. The van der Waals surface area contributed by atoms with Crippen LogP contribution in [0.5, 0.6) is 0 Å². The fourth-order valence-corrected chi connectivity index (χ4v) is 3.97. The third kappa shape index (κ3) is 1.48. The first kappa shape index (κ1) is 13.1. The molecule has 0 unspecified atom stereocenters. The van der Waals surface area contributed by atoms with Gasteiger partial charge >= 0.3 is 0 Å². The Labute approximate surface area is 139 Å². The molecule has 0 radical (unpaired) electrons. The van der Waals surface area contributed by atoms with E-state index in [0.717, 1.165) is 26.0 Å². The highest BCUT2D eigenvalue weighted by molar-refractivity contribution is 7.12. The lowest BCUT2D eigenvalue weighted by atomic mass is 10.2. The molecule has 0 bridgehead atoms. The first-order chi connectivity index (χ1) is 11.8. The molecule has 0 aliphatic rings. The standard InChI is InChI=1S/C17H9N5OS/c18-8-10-3-6-20-15-14-11-9-19-5-4-12(11)21(13-2-1-7-24-13)17(14)22(23)16(10)15/h1-7,9,23H. The number of aromatic nitrogens is 4. The Hall–Kier alpha value is -3.37. The molecule has 0 aliphatic heterocycles. The van der Waals surface area contributed by atoms with Crippen molar-refractivity contribution in [3.05, 3.63) is 53.8 Å². The van der Waals surface area contributed by atoms with Gasteiger partial charge in [0.15, 0.2) is 5.65 Å². The van der Waals surface area contributed by atoms with Crippen molar-refractivity contribution in [1.29, 1.82) is 5.26 Å². The Bertz CT molecular complexity index is 1270. The number of hydrogen-bond donors (Lipinski definition) is 1. The van der Waals surface area contributed by atoms with Crippen molar-refractivity contribution in [2.45, 2.75) is 0 Å². The molecule has 0 fully saturated rings. The van der Waals surface area contributed by atoms with E-state index in [4.69, 9.17) is 0 Å². The van der Waals surface area contributed by atoms with E-state index < -0.39 is 0 Å². The SMILES string of the molecule is N#Cc1ccnc2c3c4cnccc4n(-c4cccs4)c3n(O)c12. The molecule has 0 saturated carbocycles. The van der Waals surface area contributed by atoms with Gasteiger partial charge in [0.25, 0.3) is 0 Å². The van der Waals surface area contributed by atoms with Crippen LogP contribution in [0.4, 0.5) is 0 Å². The van der Waals surface area contributed by atoms with Gasteiger partial charge in [-0.3, -0.25) is 14.5 Å². The Morgan fingerprint density at radius 2 is 2.12 bits per heavy atom. The van der Waals surface area contributed by atoms with E-state index >= 15 is 0 Å². The number of nitriles is 1. The zero-order chi connectivity index (χ0) is 16.3. The van der Waals surface area contributed by atoms with Crippen molar-refractivity contribution in [2.75, 3.05) is 0 Å². The molecule has 5 aromatic heterocycles. The summed E-state index contributed by atoms with van der Waals surface area (Å²) in [5, 5.41) is 24.8. The van der Waals surface area contributed by atoms with Crippen LogP contribution in [0.15, 0.2) is 48.2 Å². The predicted octanol–water partition coefficient (Wildman–Crippen LogP) is 3.70. The molecule has 0 spiro atoms. The lowest BCUT2D eigenvalue weighted by Crippen LogP contribution is -1.99. The molecular formula is C17H9N5OS. The normalized spacial score (nSPS) is 11.5. The van der Waals surface area contributed by atoms with Gasteiger partial charge in [-0.2, -0.15) is 9.99 Å². The number of pyridine rings is 2. The minimum atomic E-state index is 0.383. The number of nitrogens with zero attached hydrogens (tertiary/aromatic N) is 5. The van der Waals surface area contributed by atoms with Crippen LogP contribution >= 0.6 is 11.3 Å². The van der Waals surface area contributed by atoms with E-state index in [1.54, 1.807) is 36.0 Å². The number of fused-ring (bicyclic) bond motifs is 5. The van der Waals surface area contributed by atoms with Gasteiger partial charge in [0.1, 0.15) is 22.1 Å². The fraction of sp³-hybridized carbons (Fsp3) is 0. The monoisotopic (exact) mass is 331 g/mol. The van der Waals surface area contributed by atoms with E-state index in [-0.39, 0.29) is 0 Å². The molecule has 5 rings (SSSR count). The first-order valence-corrected chi connectivity index (χ1v) is 8.10. The third-order valence-electron chi connectivity index (χ3n) is 4.16. The number of hydrogen-bond acceptors (Lipinski definition) is 5. The smallest absolute Gasteiger partial charge is 0.165 e. The van der Waals surface area contributed by atoms with E-state index in [0.29, 0.717) is 22.2 Å². The summed E-state index contributed by atoms with van der Waals surface area (Å²) in [6.07, 6.45) is 5.08. The van der Waals surface area contributed by atoms with Gasteiger partial charge in [-0.25, -0.2) is 0 Å². The largest absolute Gasteiger partial charge is 0.426 e. The summed E-state index contributed by atoms with van der Waals surface area (Å²) >= 11 is 1.57. The number of thiophene rings is 1. The molecule has 1 N–H and O–H groups in total. The minimum Gasteiger partial charge on any atom is -0.426 e. The molecule has 5 heterocycles. The van der Waals surface area contributed by atoms with Gasteiger partial charge in [0.05, 0.1) is 16.5 Å². The van der Waals surface area contributed by atoms with E-state index in [2.05, 4.69) is 16.0 Å². The summed E-state index contributed by atoms with van der Waals surface area (Å²) in [6, 6.07) is 9.58. The van der Waals surface area contributed by atoms with E-state index in [1.165, 1.54) is 0 Å². The van der Waals surface area contributed by atoms with Crippen LogP contribution in [0.2, 0.25) is 0 Å². The lowest BCUT2D eigenvalue weighted by Gasteiger charge is -2.05. The molecule has 6 nitrogen and oxygen atoms in total. The molecule has 0 atom stereocenters. The Morgan fingerprint density at radius 1 is 1.21 bits per heavy atom. The summed E-state index contributed by atoms with van der Waals surface area (Å²) in [6.45, 7) is 0. The Morgan fingerprint density at radius 3 is 2.92 bits per heavy atom. The van der Waals surface area contributed by atoms with E-state index in [9.17, 15) is 10.5 Å². The van der Waals surface area contributed by atoms with Gasteiger partial charge in [-0.15, -0.1) is 11.3 Å². The maximum absolute atomic E-state index is 10.8. The maximum atomic E-state index is 10.8. The highest BCUT2D eigenvalue weighted by atomic mass is 32.1. The predicted molar refractivity (Wildman–Crippen MR) is 91.6 cm³/mol. The molecular weight excluding hydrogens is 322 g/mol. The lowest BCUT2D eigenvalue weighted by molar-refractivity contribution is 0.210. The molecule has 0 aliphatic carbocycles. The molecule has 24 heavy (non-hydrogen) atoms. The highest BCUT2D eigenvalue weighted by Gasteiger charge is 2.23. The second kappa shape index (κ2) is 4.57. The Balaban J connectivity index is 2.14. The summed E-state index contributed by atoms with van der Waals surface area (Å²) in [5.74, 6) is 0. The molecule has 0 amide bonds. The zero-order valence-corrected chi connectivity index (χ0v) is 13.0. The highest BCUT2D eigenvalue weighted by Crippen LogP contribution is 2.38. The van der Waals surface area contributed by atoms with Crippen molar-refractivity contribution < 1.29 is 5.21 Å². The van der Waals surface area contributed by atoms with Gasteiger partial charge in [-0.1, -0.05) is 0 Å². The average Bonchev–Trinajstić information content (AvgIpc) is 3.31. The van der Waals surface area contributed by atoms with Gasteiger partial charge in [-0.05, 0) is 29.6 Å². The quantitative estimate of drug-likeness (QED) is 0.475. The topological polar surface area (TPSA) is 79.7 Å². The first-order valence-electron chi connectivity index (χ1n) is 7.22.